The highest BCUT2D eigenvalue weighted by Crippen LogP contribution is 2.46. The second-order valence-corrected chi connectivity index (χ2v) is 17.1. The molecule has 0 atom stereocenters. The Labute approximate surface area is 343 Å². The Morgan fingerprint density at radius 1 is 0.328 bits per heavy atom. The first-order chi connectivity index (χ1) is 28.7. The van der Waals surface area contributed by atoms with Crippen LogP contribution in [0.25, 0.3) is 90.1 Å². The van der Waals surface area contributed by atoms with Crippen molar-refractivity contribution < 1.29 is 0 Å². The van der Waals surface area contributed by atoms with Crippen molar-refractivity contribution >= 4 is 102 Å². The summed E-state index contributed by atoms with van der Waals surface area (Å²) in [5.41, 5.74) is 11.8. The summed E-state index contributed by atoms with van der Waals surface area (Å²) >= 11 is 3.72. The molecule has 0 amide bonds. The molecule has 0 spiro atoms. The van der Waals surface area contributed by atoms with Crippen molar-refractivity contribution in [1.82, 2.24) is 4.57 Å². The van der Waals surface area contributed by atoms with Crippen LogP contribution < -0.4 is 4.90 Å². The largest absolute Gasteiger partial charge is 0.310 e. The Bertz CT molecular complexity index is 3500. The van der Waals surface area contributed by atoms with Crippen LogP contribution in [0.4, 0.5) is 17.1 Å². The van der Waals surface area contributed by atoms with Gasteiger partial charge in [-0.2, -0.15) is 0 Å². The Morgan fingerprint density at radius 3 is 1.62 bits per heavy atom. The van der Waals surface area contributed by atoms with Crippen molar-refractivity contribution in [2.24, 2.45) is 0 Å². The number of thiophene rings is 2. The first kappa shape index (κ1) is 33.2. The minimum atomic E-state index is 1.12. The SMILES string of the molecule is c1ccc(-n2c3ccccc3c3ccc(-c4ccc(N(c5ccc(-c6ccc7sc8ccccc8c7c6)cc5)c5cccc6sc7ccccc7c56)cc4)cc32)cc1. The zero-order chi connectivity index (χ0) is 38.2. The fourth-order valence-corrected chi connectivity index (χ4v) is 11.1. The molecule has 0 saturated heterocycles. The molecule has 12 aromatic rings. The van der Waals surface area contributed by atoms with Crippen LogP contribution in [0.3, 0.4) is 0 Å². The van der Waals surface area contributed by atoms with E-state index in [2.05, 4.69) is 216 Å². The third-order valence-electron chi connectivity index (χ3n) is 11.6. The Balaban J connectivity index is 0.980. The van der Waals surface area contributed by atoms with Crippen molar-refractivity contribution in [1.29, 1.82) is 0 Å². The summed E-state index contributed by atoms with van der Waals surface area (Å²) < 4.78 is 7.63. The third kappa shape index (κ3) is 5.30. The van der Waals surface area contributed by atoms with Gasteiger partial charge in [-0.3, -0.25) is 0 Å². The predicted octanol–water partition coefficient (Wildman–Crippen LogP) is 16.3. The molecule has 2 nitrogen and oxygen atoms in total. The predicted molar refractivity (Wildman–Crippen MR) is 252 cm³/mol. The molecule has 58 heavy (non-hydrogen) atoms. The molecule has 0 radical (unpaired) electrons. The average molecular weight is 775 g/mol. The van der Waals surface area contributed by atoms with Crippen LogP contribution in [0, 0.1) is 0 Å². The van der Waals surface area contributed by atoms with Crippen LogP contribution >= 0.6 is 22.7 Å². The maximum absolute atomic E-state index is 2.43. The summed E-state index contributed by atoms with van der Waals surface area (Å²) in [6.07, 6.45) is 0. The summed E-state index contributed by atoms with van der Waals surface area (Å²) in [7, 11) is 0. The van der Waals surface area contributed by atoms with Crippen LogP contribution in [0.15, 0.2) is 206 Å². The molecule has 4 heteroatoms. The van der Waals surface area contributed by atoms with E-state index in [1.807, 2.05) is 22.7 Å². The second kappa shape index (κ2) is 13.3. The summed E-state index contributed by atoms with van der Waals surface area (Å²) in [5, 5.41) is 7.74. The normalized spacial score (nSPS) is 11.8. The van der Waals surface area contributed by atoms with E-state index in [-0.39, 0.29) is 0 Å². The molecule has 0 aliphatic carbocycles. The van der Waals surface area contributed by atoms with E-state index in [4.69, 9.17) is 0 Å². The van der Waals surface area contributed by atoms with E-state index in [1.54, 1.807) is 0 Å². The van der Waals surface area contributed by atoms with Crippen LogP contribution in [-0.4, -0.2) is 4.57 Å². The molecule has 0 fully saturated rings. The van der Waals surface area contributed by atoms with Gasteiger partial charge >= 0.3 is 0 Å². The molecule has 12 rings (SSSR count). The summed E-state index contributed by atoms with van der Waals surface area (Å²) in [6.45, 7) is 0. The van der Waals surface area contributed by atoms with Gasteiger partial charge in [0.2, 0.25) is 0 Å². The van der Waals surface area contributed by atoms with E-state index in [0.717, 1.165) is 11.4 Å². The second-order valence-electron chi connectivity index (χ2n) is 14.9. The topological polar surface area (TPSA) is 8.17 Å². The molecule has 0 aliphatic rings. The van der Waals surface area contributed by atoms with E-state index in [1.165, 1.54) is 95.8 Å². The minimum absolute atomic E-state index is 1.12. The molecular formula is C54H34N2S2. The van der Waals surface area contributed by atoms with Crippen LogP contribution in [0.1, 0.15) is 0 Å². The quantitative estimate of drug-likeness (QED) is 0.163. The zero-order valence-electron chi connectivity index (χ0n) is 31.3. The minimum Gasteiger partial charge on any atom is -0.310 e. The number of anilines is 3. The van der Waals surface area contributed by atoms with Gasteiger partial charge in [-0.05, 0) is 107 Å². The van der Waals surface area contributed by atoms with Gasteiger partial charge in [0.15, 0.2) is 0 Å². The highest BCUT2D eigenvalue weighted by Gasteiger charge is 2.20. The first-order valence-electron chi connectivity index (χ1n) is 19.7. The lowest BCUT2D eigenvalue weighted by atomic mass is 10.0. The molecule has 0 aliphatic heterocycles. The molecule has 0 saturated carbocycles. The van der Waals surface area contributed by atoms with E-state index < -0.39 is 0 Å². The maximum atomic E-state index is 2.43. The number of para-hydroxylation sites is 2. The smallest absolute Gasteiger partial charge is 0.0554 e. The number of aromatic nitrogens is 1. The third-order valence-corrected chi connectivity index (χ3v) is 13.9. The Hall–Kier alpha value is -6.98. The van der Waals surface area contributed by atoms with E-state index in [9.17, 15) is 0 Å². The van der Waals surface area contributed by atoms with Gasteiger partial charge in [0.1, 0.15) is 0 Å². The Kier molecular flexibility index (Phi) is 7.62. The number of fused-ring (bicyclic) bond motifs is 9. The molecule has 3 heterocycles. The maximum Gasteiger partial charge on any atom is 0.0554 e. The number of nitrogens with zero attached hydrogens (tertiary/aromatic N) is 2. The number of benzene rings is 9. The van der Waals surface area contributed by atoms with Gasteiger partial charge in [-0.1, -0.05) is 121 Å². The van der Waals surface area contributed by atoms with Crippen molar-refractivity contribution in [2.45, 2.75) is 0 Å². The lowest BCUT2D eigenvalue weighted by molar-refractivity contribution is 1.18. The summed E-state index contributed by atoms with van der Waals surface area (Å²) in [6, 6.07) is 75.7. The number of rotatable bonds is 6. The molecule has 0 unspecified atom stereocenters. The number of hydrogen-bond donors (Lipinski definition) is 0. The highest BCUT2D eigenvalue weighted by atomic mass is 32.1. The van der Waals surface area contributed by atoms with Crippen LogP contribution in [0.5, 0.6) is 0 Å². The standard InChI is InChI=1S/C54H34N2S2/c1-2-11-39(12-3-1)56-47-16-7-4-13-42(47)43-31-25-38(34-49(43)56)36-23-29-41(30-24-36)55(48-17-10-20-53-54(48)45-15-6-9-19-51(45)58-53)40-27-21-35(22-28-40)37-26-32-52-46(33-37)44-14-5-8-18-50(44)57-52/h1-34H. The lowest BCUT2D eigenvalue weighted by Gasteiger charge is -2.27. The van der Waals surface area contributed by atoms with Crippen molar-refractivity contribution in [2.75, 3.05) is 4.90 Å². The van der Waals surface area contributed by atoms with Gasteiger partial charge in [0, 0.05) is 68.2 Å². The summed E-state index contributed by atoms with van der Waals surface area (Å²) in [5.74, 6) is 0. The average Bonchev–Trinajstić information content (AvgIpc) is 3.97. The van der Waals surface area contributed by atoms with Crippen LogP contribution in [-0.2, 0) is 0 Å². The monoisotopic (exact) mass is 774 g/mol. The molecule has 3 aromatic heterocycles. The highest BCUT2D eigenvalue weighted by molar-refractivity contribution is 7.26. The fourth-order valence-electron chi connectivity index (χ4n) is 8.89. The van der Waals surface area contributed by atoms with Crippen molar-refractivity contribution in [3.8, 4) is 27.9 Å². The van der Waals surface area contributed by atoms with Gasteiger partial charge in [-0.25, -0.2) is 0 Å². The fraction of sp³-hybridized carbons (Fsp3) is 0. The molecular weight excluding hydrogens is 741 g/mol. The first-order valence-corrected chi connectivity index (χ1v) is 21.3. The zero-order valence-corrected chi connectivity index (χ0v) is 33.0. The lowest BCUT2D eigenvalue weighted by Crippen LogP contribution is -2.10. The van der Waals surface area contributed by atoms with Gasteiger partial charge in [0.05, 0.1) is 16.7 Å². The molecule has 9 aromatic carbocycles. The van der Waals surface area contributed by atoms with Gasteiger partial charge < -0.3 is 9.47 Å². The number of hydrogen-bond acceptors (Lipinski definition) is 3. The van der Waals surface area contributed by atoms with E-state index >= 15 is 0 Å². The summed E-state index contributed by atoms with van der Waals surface area (Å²) in [4.78, 5) is 2.43. The van der Waals surface area contributed by atoms with Crippen molar-refractivity contribution in [3.63, 3.8) is 0 Å². The van der Waals surface area contributed by atoms with Gasteiger partial charge in [-0.15, -0.1) is 22.7 Å². The van der Waals surface area contributed by atoms with E-state index in [0.29, 0.717) is 0 Å². The van der Waals surface area contributed by atoms with Crippen LogP contribution in [0.2, 0.25) is 0 Å². The van der Waals surface area contributed by atoms with Gasteiger partial charge in [0.25, 0.3) is 0 Å². The van der Waals surface area contributed by atoms with Crippen molar-refractivity contribution in [3.05, 3.63) is 206 Å². The molecule has 0 N–H and O–H groups in total. The molecule has 272 valence electrons. The Morgan fingerprint density at radius 2 is 0.862 bits per heavy atom. The molecule has 0 bridgehead atoms.